The Hall–Kier alpha value is -2.24. The van der Waals surface area contributed by atoms with E-state index in [0.29, 0.717) is 17.3 Å². The number of nitrogens with zero attached hydrogens (tertiary/aromatic N) is 2. The molecular weight excluding hydrogens is 327 g/mol. The minimum Gasteiger partial charge on any atom is -0.452 e. The number of benzene rings is 1. The Morgan fingerprint density at radius 1 is 1.27 bits per heavy atom. The average Bonchev–Trinajstić information content (AvgIpc) is 3.14. The smallest absolute Gasteiger partial charge is 0.379 e. The van der Waals surface area contributed by atoms with Gasteiger partial charge in [-0.1, -0.05) is 23.2 Å². The Morgan fingerprint density at radius 3 is 2.86 bits per heavy atom. The van der Waals surface area contributed by atoms with Gasteiger partial charge in [-0.3, -0.25) is 4.68 Å². The lowest BCUT2D eigenvalue weighted by molar-refractivity contribution is 0.0699. The number of esters is 1. The van der Waals surface area contributed by atoms with Crippen LogP contribution in [0.5, 0.6) is 5.75 Å². The molecule has 2 heterocycles. The molecule has 0 aliphatic carbocycles. The van der Waals surface area contributed by atoms with Crippen LogP contribution >= 0.6 is 23.2 Å². The van der Waals surface area contributed by atoms with Crippen molar-refractivity contribution in [3.63, 3.8) is 0 Å². The number of carbonyl (C=O) groups excluding carboxylic acids is 1. The zero-order valence-electron chi connectivity index (χ0n) is 11.2. The lowest BCUT2D eigenvalue weighted by Crippen LogP contribution is -2.07. The molecule has 1 aromatic carbocycles. The molecule has 2 aromatic heterocycles. The summed E-state index contributed by atoms with van der Waals surface area (Å²) in [6, 6.07) is 9.65. The van der Waals surface area contributed by atoms with Crippen LogP contribution < -0.4 is 4.74 Å². The standard InChI is InChI=1S/C15H10Cl2N2O3/c16-10-2-4-13(12(17)8-10)22-15(20)14-5-3-11(21-14)9-19-7-1-6-18-19/h1-8H,9H2. The van der Waals surface area contributed by atoms with Gasteiger partial charge in [-0.05, 0) is 36.4 Å². The fourth-order valence-corrected chi connectivity index (χ4v) is 2.28. The van der Waals surface area contributed by atoms with Crippen molar-refractivity contribution in [1.29, 1.82) is 0 Å². The van der Waals surface area contributed by atoms with Crippen LogP contribution in [0.4, 0.5) is 0 Å². The van der Waals surface area contributed by atoms with Crippen molar-refractivity contribution in [3.8, 4) is 5.75 Å². The first kappa shape index (κ1) is 14.7. The number of ether oxygens (including phenoxy) is 1. The molecule has 3 rings (SSSR count). The summed E-state index contributed by atoms with van der Waals surface area (Å²) in [5.41, 5.74) is 0. The lowest BCUT2D eigenvalue weighted by Gasteiger charge is -2.04. The van der Waals surface area contributed by atoms with Gasteiger partial charge in [0.1, 0.15) is 11.5 Å². The highest BCUT2D eigenvalue weighted by atomic mass is 35.5. The van der Waals surface area contributed by atoms with Gasteiger partial charge < -0.3 is 9.15 Å². The maximum atomic E-state index is 12.0. The van der Waals surface area contributed by atoms with Crippen molar-refractivity contribution in [2.75, 3.05) is 0 Å². The molecule has 5 nitrogen and oxygen atoms in total. The molecule has 0 amide bonds. The van der Waals surface area contributed by atoms with E-state index in [4.69, 9.17) is 32.4 Å². The molecule has 0 spiro atoms. The van der Waals surface area contributed by atoms with Crippen LogP contribution in [0.2, 0.25) is 10.0 Å². The highest BCUT2D eigenvalue weighted by Crippen LogP contribution is 2.28. The van der Waals surface area contributed by atoms with Crippen LogP contribution in [-0.4, -0.2) is 15.7 Å². The number of halogens is 2. The molecule has 7 heteroatoms. The molecule has 22 heavy (non-hydrogen) atoms. The molecule has 0 aliphatic heterocycles. The fourth-order valence-electron chi connectivity index (χ4n) is 1.83. The Balaban J connectivity index is 1.71. The summed E-state index contributed by atoms with van der Waals surface area (Å²) in [5.74, 6) is 0.281. The van der Waals surface area contributed by atoms with Crippen LogP contribution in [-0.2, 0) is 6.54 Å². The number of aromatic nitrogens is 2. The van der Waals surface area contributed by atoms with E-state index in [2.05, 4.69) is 5.10 Å². The summed E-state index contributed by atoms with van der Waals surface area (Å²) in [6.45, 7) is 0.433. The van der Waals surface area contributed by atoms with E-state index in [-0.39, 0.29) is 16.5 Å². The van der Waals surface area contributed by atoms with Gasteiger partial charge in [-0.25, -0.2) is 4.79 Å². The van der Waals surface area contributed by atoms with Crippen LogP contribution in [0.25, 0.3) is 0 Å². The minimum absolute atomic E-state index is 0.0909. The van der Waals surface area contributed by atoms with Gasteiger partial charge in [0.25, 0.3) is 0 Å². The van der Waals surface area contributed by atoms with E-state index >= 15 is 0 Å². The Bertz CT molecular complexity index is 797. The van der Waals surface area contributed by atoms with Gasteiger partial charge in [-0.15, -0.1) is 0 Å². The third kappa shape index (κ3) is 3.32. The van der Waals surface area contributed by atoms with Gasteiger partial charge in [0.2, 0.25) is 5.76 Å². The van der Waals surface area contributed by atoms with E-state index < -0.39 is 5.97 Å². The summed E-state index contributed by atoms with van der Waals surface area (Å²) in [4.78, 5) is 12.0. The Morgan fingerprint density at radius 2 is 2.14 bits per heavy atom. The zero-order valence-corrected chi connectivity index (χ0v) is 12.7. The highest BCUT2D eigenvalue weighted by Gasteiger charge is 2.15. The minimum atomic E-state index is -0.629. The topological polar surface area (TPSA) is 57.3 Å². The molecule has 0 saturated heterocycles. The van der Waals surface area contributed by atoms with E-state index in [9.17, 15) is 4.79 Å². The second kappa shape index (κ2) is 6.25. The van der Waals surface area contributed by atoms with E-state index in [1.54, 1.807) is 41.3 Å². The third-order valence-corrected chi connectivity index (χ3v) is 3.37. The molecule has 112 valence electrons. The Labute approximate surface area is 136 Å². The lowest BCUT2D eigenvalue weighted by atomic mass is 10.3. The number of carbonyl (C=O) groups is 1. The second-order valence-electron chi connectivity index (χ2n) is 4.43. The van der Waals surface area contributed by atoms with Crippen molar-refractivity contribution in [2.24, 2.45) is 0 Å². The highest BCUT2D eigenvalue weighted by molar-refractivity contribution is 6.35. The number of furan rings is 1. The molecule has 0 fully saturated rings. The van der Waals surface area contributed by atoms with E-state index in [0.717, 1.165) is 0 Å². The number of hydrogen-bond acceptors (Lipinski definition) is 4. The van der Waals surface area contributed by atoms with Crippen molar-refractivity contribution in [2.45, 2.75) is 6.54 Å². The SMILES string of the molecule is O=C(Oc1ccc(Cl)cc1Cl)c1ccc(Cn2cccn2)o1. The predicted octanol–water partition coefficient (Wildman–Crippen LogP) is 4.05. The van der Waals surface area contributed by atoms with Gasteiger partial charge in [0.05, 0.1) is 11.6 Å². The molecule has 0 atom stereocenters. The Kier molecular flexibility index (Phi) is 4.18. The van der Waals surface area contributed by atoms with Crippen LogP contribution in [0.15, 0.2) is 53.2 Å². The molecular formula is C15H10Cl2N2O3. The molecule has 3 aromatic rings. The summed E-state index contributed by atoms with van der Waals surface area (Å²) < 4.78 is 12.3. The molecule has 0 saturated carbocycles. The van der Waals surface area contributed by atoms with E-state index in [1.165, 1.54) is 12.1 Å². The van der Waals surface area contributed by atoms with Crippen molar-refractivity contribution >= 4 is 29.2 Å². The first-order valence-electron chi connectivity index (χ1n) is 6.35. The number of rotatable bonds is 4. The van der Waals surface area contributed by atoms with Crippen molar-refractivity contribution in [3.05, 3.63) is 70.4 Å². The van der Waals surface area contributed by atoms with Crippen LogP contribution in [0.1, 0.15) is 16.3 Å². The molecule has 0 N–H and O–H groups in total. The van der Waals surface area contributed by atoms with Gasteiger partial charge in [0.15, 0.2) is 0 Å². The van der Waals surface area contributed by atoms with Gasteiger partial charge in [0, 0.05) is 17.4 Å². The first-order chi connectivity index (χ1) is 10.6. The summed E-state index contributed by atoms with van der Waals surface area (Å²) in [5, 5.41) is 4.78. The van der Waals surface area contributed by atoms with Crippen LogP contribution in [0.3, 0.4) is 0 Å². The maximum Gasteiger partial charge on any atom is 0.379 e. The largest absolute Gasteiger partial charge is 0.452 e. The molecule has 0 radical (unpaired) electrons. The summed E-state index contributed by atoms with van der Waals surface area (Å²) >= 11 is 11.7. The zero-order chi connectivity index (χ0) is 15.5. The quantitative estimate of drug-likeness (QED) is 0.532. The molecule has 0 aliphatic rings. The van der Waals surface area contributed by atoms with E-state index in [1.807, 2.05) is 0 Å². The van der Waals surface area contributed by atoms with Gasteiger partial charge >= 0.3 is 5.97 Å². The monoisotopic (exact) mass is 336 g/mol. The average molecular weight is 337 g/mol. The van der Waals surface area contributed by atoms with Crippen molar-refractivity contribution < 1.29 is 13.9 Å². The fraction of sp³-hybridized carbons (Fsp3) is 0.0667. The van der Waals surface area contributed by atoms with Gasteiger partial charge in [-0.2, -0.15) is 5.10 Å². The third-order valence-electron chi connectivity index (χ3n) is 2.84. The predicted molar refractivity (Wildman–Crippen MR) is 81.5 cm³/mol. The summed E-state index contributed by atoms with van der Waals surface area (Å²) in [7, 11) is 0. The van der Waals surface area contributed by atoms with Crippen LogP contribution in [0, 0.1) is 0 Å². The first-order valence-corrected chi connectivity index (χ1v) is 7.11. The normalized spacial score (nSPS) is 10.6. The molecule has 0 unspecified atom stereocenters. The number of hydrogen-bond donors (Lipinski definition) is 0. The summed E-state index contributed by atoms with van der Waals surface area (Å²) in [6.07, 6.45) is 3.47. The second-order valence-corrected chi connectivity index (χ2v) is 5.28. The molecule has 0 bridgehead atoms. The maximum absolute atomic E-state index is 12.0. The van der Waals surface area contributed by atoms with Crippen molar-refractivity contribution in [1.82, 2.24) is 9.78 Å².